The molecule has 0 bridgehead atoms. The Balaban J connectivity index is 1.53. The predicted molar refractivity (Wildman–Crippen MR) is 117 cm³/mol. The molecule has 0 spiro atoms. The number of amides is 3. The standard InChI is InChI=1S/C24H19F3N4O4/c1-35-19-6-3-13(9-17(19)25)21-16(10-28-31(21)24(26)27)12-2-4-15-14(8-12)11-30(23(15)34)18-5-7-20(32)29-22(18)33/h2-4,6,8-10,18,24H,5,7,11H2,1H3,(H,29,32,33). The number of aromatic nitrogens is 2. The smallest absolute Gasteiger partial charge is 0.333 e. The third-order valence-electron chi connectivity index (χ3n) is 6.24. The molecule has 1 N–H and O–H groups in total. The summed E-state index contributed by atoms with van der Waals surface area (Å²) in [5.41, 5.74) is 2.00. The fraction of sp³-hybridized carbons (Fsp3) is 0.250. The van der Waals surface area contributed by atoms with Gasteiger partial charge >= 0.3 is 6.55 Å². The minimum absolute atomic E-state index is 0.00727. The lowest BCUT2D eigenvalue weighted by molar-refractivity contribution is -0.136. The Kier molecular flexibility index (Phi) is 5.54. The number of halogens is 3. The number of nitrogens with one attached hydrogen (secondary N) is 1. The van der Waals surface area contributed by atoms with Crippen LogP contribution in [-0.2, 0) is 16.1 Å². The lowest BCUT2D eigenvalue weighted by Gasteiger charge is -2.29. The number of alkyl halides is 2. The van der Waals surface area contributed by atoms with Gasteiger partial charge in [0.15, 0.2) is 11.6 Å². The second kappa shape index (κ2) is 8.57. The zero-order valence-electron chi connectivity index (χ0n) is 18.4. The van der Waals surface area contributed by atoms with Crippen LogP contribution in [0.4, 0.5) is 13.2 Å². The van der Waals surface area contributed by atoms with Crippen LogP contribution in [0.15, 0.2) is 42.6 Å². The predicted octanol–water partition coefficient (Wildman–Crippen LogP) is 3.52. The number of hydrogen-bond donors (Lipinski definition) is 1. The summed E-state index contributed by atoms with van der Waals surface area (Å²) < 4.78 is 47.3. The number of ether oxygens (including phenoxy) is 1. The number of benzene rings is 2. The number of methoxy groups -OCH3 is 1. The van der Waals surface area contributed by atoms with E-state index in [1.807, 2.05) is 0 Å². The van der Waals surface area contributed by atoms with Crippen LogP contribution in [0.2, 0.25) is 0 Å². The quantitative estimate of drug-likeness (QED) is 0.560. The van der Waals surface area contributed by atoms with Gasteiger partial charge in [-0.05, 0) is 47.9 Å². The lowest BCUT2D eigenvalue weighted by atomic mass is 9.98. The minimum Gasteiger partial charge on any atom is -0.494 e. The van der Waals surface area contributed by atoms with E-state index in [-0.39, 0.29) is 48.2 Å². The fourth-order valence-corrected chi connectivity index (χ4v) is 4.56. The molecule has 1 aromatic heterocycles. The summed E-state index contributed by atoms with van der Waals surface area (Å²) in [6.45, 7) is -2.84. The van der Waals surface area contributed by atoms with Gasteiger partial charge in [-0.2, -0.15) is 13.9 Å². The SMILES string of the molecule is COc1ccc(-c2c(-c3ccc4c(c3)CN(C3CCC(=O)NC3=O)C4=O)cnn2C(F)F)cc1F. The van der Waals surface area contributed by atoms with Crippen molar-refractivity contribution in [3.05, 3.63) is 59.5 Å². The Labute approximate surface area is 197 Å². The van der Waals surface area contributed by atoms with E-state index in [0.29, 0.717) is 26.9 Å². The molecule has 8 nitrogen and oxygen atoms in total. The monoisotopic (exact) mass is 484 g/mol. The summed E-state index contributed by atoms with van der Waals surface area (Å²) in [5, 5.41) is 6.05. The van der Waals surface area contributed by atoms with Crippen molar-refractivity contribution in [2.24, 2.45) is 0 Å². The second-order valence-corrected chi connectivity index (χ2v) is 8.25. The van der Waals surface area contributed by atoms with Crippen LogP contribution in [0.1, 0.15) is 35.3 Å². The van der Waals surface area contributed by atoms with Gasteiger partial charge in [0, 0.05) is 29.7 Å². The fourth-order valence-electron chi connectivity index (χ4n) is 4.56. The topological polar surface area (TPSA) is 93.5 Å². The average molecular weight is 484 g/mol. The van der Waals surface area contributed by atoms with Gasteiger partial charge in [0.05, 0.1) is 19.0 Å². The van der Waals surface area contributed by atoms with E-state index in [9.17, 15) is 27.6 Å². The van der Waals surface area contributed by atoms with E-state index in [1.54, 1.807) is 18.2 Å². The second-order valence-electron chi connectivity index (χ2n) is 8.25. The summed E-state index contributed by atoms with van der Waals surface area (Å²) in [7, 11) is 1.30. The van der Waals surface area contributed by atoms with E-state index in [4.69, 9.17) is 4.74 Å². The van der Waals surface area contributed by atoms with E-state index >= 15 is 0 Å². The molecular weight excluding hydrogens is 465 g/mol. The highest BCUT2D eigenvalue weighted by atomic mass is 19.3. The van der Waals surface area contributed by atoms with E-state index in [0.717, 1.165) is 6.07 Å². The lowest BCUT2D eigenvalue weighted by Crippen LogP contribution is -2.52. The molecule has 0 saturated carbocycles. The van der Waals surface area contributed by atoms with Gasteiger partial charge in [0.2, 0.25) is 11.8 Å². The molecule has 180 valence electrons. The number of nitrogens with zero attached hydrogens (tertiary/aromatic N) is 3. The number of hydrogen-bond acceptors (Lipinski definition) is 5. The molecule has 3 aromatic rings. The first-order chi connectivity index (χ1) is 16.8. The van der Waals surface area contributed by atoms with Crippen molar-refractivity contribution < 1.29 is 32.3 Å². The Morgan fingerprint density at radius 1 is 1.09 bits per heavy atom. The Morgan fingerprint density at radius 3 is 2.54 bits per heavy atom. The van der Waals surface area contributed by atoms with Gasteiger partial charge in [-0.3, -0.25) is 19.7 Å². The van der Waals surface area contributed by atoms with E-state index in [1.165, 1.54) is 30.3 Å². The molecule has 35 heavy (non-hydrogen) atoms. The number of carbonyl (C=O) groups excluding carboxylic acids is 3. The van der Waals surface area contributed by atoms with Crippen LogP contribution in [0, 0.1) is 5.82 Å². The molecule has 5 rings (SSSR count). The first kappa shape index (κ1) is 22.6. The van der Waals surface area contributed by atoms with Gasteiger partial charge in [-0.15, -0.1) is 0 Å². The molecular formula is C24H19F3N4O4. The highest BCUT2D eigenvalue weighted by molar-refractivity contribution is 6.05. The molecule has 3 amide bonds. The Bertz CT molecular complexity index is 1370. The largest absolute Gasteiger partial charge is 0.494 e. The maximum absolute atomic E-state index is 14.4. The van der Waals surface area contributed by atoms with Crippen LogP contribution >= 0.6 is 0 Å². The zero-order chi connectivity index (χ0) is 24.9. The van der Waals surface area contributed by atoms with Gasteiger partial charge in [-0.25, -0.2) is 9.07 Å². The van der Waals surface area contributed by atoms with Crippen LogP contribution < -0.4 is 10.1 Å². The molecule has 2 aliphatic heterocycles. The Morgan fingerprint density at radius 2 is 1.86 bits per heavy atom. The third-order valence-corrected chi connectivity index (χ3v) is 6.24. The molecule has 2 aromatic carbocycles. The summed E-state index contributed by atoms with van der Waals surface area (Å²) in [5.74, 6) is -1.98. The van der Waals surface area contributed by atoms with Gasteiger partial charge in [-0.1, -0.05) is 6.07 Å². The highest BCUT2D eigenvalue weighted by Gasteiger charge is 2.39. The van der Waals surface area contributed by atoms with Crippen molar-refractivity contribution in [1.29, 1.82) is 0 Å². The number of carbonyl (C=O) groups is 3. The molecule has 1 saturated heterocycles. The van der Waals surface area contributed by atoms with Crippen molar-refractivity contribution in [2.45, 2.75) is 32.0 Å². The number of imide groups is 1. The molecule has 2 aliphatic rings. The zero-order valence-corrected chi connectivity index (χ0v) is 18.4. The van der Waals surface area contributed by atoms with Crippen molar-refractivity contribution in [3.8, 4) is 28.1 Å². The van der Waals surface area contributed by atoms with Crippen LogP contribution in [0.5, 0.6) is 5.75 Å². The molecule has 11 heteroatoms. The van der Waals surface area contributed by atoms with Gasteiger partial charge < -0.3 is 9.64 Å². The summed E-state index contributed by atoms with van der Waals surface area (Å²) in [6, 6.07) is 7.97. The maximum Gasteiger partial charge on any atom is 0.333 e. The van der Waals surface area contributed by atoms with Gasteiger partial charge in [0.1, 0.15) is 6.04 Å². The minimum atomic E-state index is -2.97. The maximum atomic E-state index is 14.4. The van der Waals surface area contributed by atoms with Crippen LogP contribution in [0.25, 0.3) is 22.4 Å². The normalized spacial score (nSPS) is 17.7. The molecule has 0 radical (unpaired) electrons. The Hall–Kier alpha value is -4.15. The summed E-state index contributed by atoms with van der Waals surface area (Å²) in [6.07, 6.45) is 1.63. The third kappa shape index (κ3) is 3.82. The first-order valence-electron chi connectivity index (χ1n) is 10.8. The van der Waals surface area contributed by atoms with Crippen molar-refractivity contribution in [1.82, 2.24) is 20.0 Å². The molecule has 1 fully saturated rings. The molecule has 1 unspecified atom stereocenters. The van der Waals surface area contributed by atoms with Crippen LogP contribution in [0.3, 0.4) is 0 Å². The van der Waals surface area contributed by atoms with E-state index in [2.05, 4.69) is 10.4 Å². The first-order valence-corrected chi connectivity index (χ1v) is 10.8. The molecule has 3 heterocycles. The molecule has 0 aliphatic carbocycles. The summed E-state index contributed by atoms with van der Waals surface area (Å²) >= 11 is 0. The summed E-state index contributed by atoms with van der Waals surface area (Å²) in [4.78, 5) is 38.1. The number of piperidine rings is 1. The van der Waals surface area contributed by atoms with Crippen LogP contribution in [-0.4, -0.2) is 45.6 Å². The van der Waals surface area contributed by atoms with Crippen molar-refractivity contribution >= 4 is 17.7 Å². The number of fused-ring (bicyclic) bond motifs is 1. The highest BCUT2D eigenvalue weighted by Crippen LogP contribution is 2.38. The van der Waals surface area contributed by atoms with E-state index < -0.39 is 24.3 Å². The van der Waals surface area contributed by atoms with Gasteiger partial charge in [0.25, 0.3) is 5.91 Å². The average Bonchev–Trinajstić information content (AvgIpc) is 3.41. The number of rotatable bonds is 5. The van der Waals surface area contributed by atoms with Crippen molar-refractivity contribution in [2.75, 3.05) is 7.11 Å². The molecule has 1 atom stereocenters. The van der Waals surface area contributed by atoms with Crippen molar-refractivity contribution in [3.63, 3.8) is 0 Å².